The number of ether oxygens (including phenoxy) is 1. The Bertz CT molecular complexity index is 642. The summed E-state index contributed by atoms with van der Waals surface area (Å²) in [7, 11) is 0. The maximum absolute atomic E-state index is 5.94. The second-order valence-corrected chi connectivity index (χ2v) is 6.34. The smallest absolute Gasteiger partial charge is 0.128 e. The minimum atomic E-state index is 0.177. The lowest BCUT2D eigenvalue weighted by molar-refractivity contribution is 0.481. The first-order valence-electron chi connectivity index (χ1n) is 7.10. The molecule has 3 rings (SSSR count). The van der Waals surface area contributed by atoms with Crippen LogP contribution in [0, 0.1) is 0 Å². The molecule has 0 unspecified atom stereocenters. The third kappa shape index (κ3) is 2.62. The molecule has 0 saturated carbocycles. The van der Waals surface area contributed by atoms with Crippen molar-refractivity contribution in [2.45, 2.75) is 32.6 Å². The molecular formula is C19H20O. The van der Waals surface area contributed by atoms with Gasteiger partial charge in [0.05, 0.1) is 0 Å². The number of allylic oxidation sites excluding steroid dienone is 1. The Labute approximate surface area is 120 Å². The minimum Gasteiger partial charge on any atom is -0.457 e. The third-order valence-electron chi connectivity index (χ3n) is 3.71. The first-order chi connectivity index (χ1) is 9.52. The molecule has 20 heavy (non-hydrogen) atoms. The van der Waals surface area contributed by atoms with E-state index in [1.54, 1.807) is 0 Å². The van der Waals surface area contributed by atoms with E-state index in [0.717, 1.165) is 17.9 Å². The van der Waals surface area contributed by atoms with Gasteiger partial charge in [-0.2, -0.15) is 0 Å². The van der Waals surface area contributed by atoms with Crippen molar-refractivity contribution in [1.29, 1.82) is 0 Å². The van der Waals surface area contributed by atoms with Crippen LogP contribution in [0.25, 0.3) is 6.08 Å². The molecule has 0 aromatic heterocycles. The van der Waals surface area contributed by atoms with Gasteiger partial charge in [-0.1, -0.05) is 51.1 Å². The first-order valence-corrected chi connectivity index (χ1v) is 7.10. The van der Waals surface area contributed by atoms with Crippen LogP contribution in [0.5, 0.6) is 11.5 Å². The van der Waals surface area contributed by atoms with E-state index in [0.29, 0.717) is 0 Å². The van der Waals surface area contributed by atoms with Gasteiger partial charge in [0, 0.05) is 0 Å². The second-order valence-electron chi connectivity index (χ2n) is 6.34. The monoisotopic (exact) mass is 264 g/mol. The first kappa shape index (κ1) is 13.0. The van der Waals surface area contributed by atoms with Crippen LogP contribution in [0.15, 0.2) is 48.5 Å². The molecule has 0 N–H and O–H groups in total. The summed E-state index contributed by atoms with van der Waals surface area (Å²) in [5.74, 6) is 1.79. The van der Waals surface area contributed by atoms with Gasteiger partial charge in [0.1, 0.15) is 11.5 Å². The van der Waals surface area contributed by atoms with Crippen LogP contribution >= 0.6 is 0 Å². The molecule has 2 aromatic carbocycles. The zero-order chi connectivity index (χ0) is 14.2. The van der Waals surface area contributed by atoms with Crippen molar-refractivity contribution in [3.63, 3.8) is 0 Å². The molecule has 1 nitrogen and oxygen atoms in total. The van der Waals surface area contributed by atoms with Crippen LogP contribution in [0.3, 0.4) is 0 Å². The summed E-state index contributed by atoms with van der Waals surface area (Å²) in [6.07, 6.45) is 5.38. The van der Waals surface area contributed by atoms with Crippen molar-refractivity contribution in [2.75, 3.05) is 0 Å². The topological polar surface area (TPSA) is 9.23 Å². The Morgan fingerprint density at radius 3 is 2.30 bits per heavy atom. The molecule has 0 saturated heterocycles. The molecule has 0 radical (unpaired) electrons. The number of hydrogen-bond acceptors (Lipinski definition) is 1. The Balaban J connectivity index is 1.79. The van der Waals surface area contributed by atoms with Crippen LogP contribution in [0.2, 0.25) is 0 Å². The molecule has 2 aromatic rings. The normalized spacial score (nSPS) is 13.3. The van der Waals surface area contributed by atoms with Crippen LogP contribution in [-0.4, -0.2) is 0 Å². The Kier molecular flexibility index (Phi) is 3.13. The highest BCUT2D eigenvalue weighted by Crippen LogP contribution is 2.29. The van der Waals surface area contributed by atoms with Crippen LogP contribution in [0.1, 0.15) is 37.5 Å². The molecule has 0 aliphatic heterocycles. The lowest BCUT2D eigenvalue weighted by atomic mass is 9.87. The van der Waals surface area contributed by atoms with Crippen molar-refractivity contribution < 1.29 is 4.74 Å². The largest absolute Gasteiger partial charge is 0.457 e. The van der Waals surface area contributed by atoms with E-state index in [9.17, 15) is 0 Å². The Morgan fingerprint density at radius 2 is 1.60 bits per heavy atom. The molecule has 0 bridgehead atoms. The lowest BCUT2D eigenvalue weighted by Crippen LogP contribution is -2.10. The van der Waals surface area contributed by atoms with Crippen molar-refractivity contribution in [1.82, 2.24) is 0 Å². The van der Waals surface area contributed by atoms with E-state index in [4.69, 9.17) is 4.74 Å². The van der Waals surface area contributed by atoms with Crippen molar-refractivity contribution >= 4 is 6.08 Å². The summed E-state index contributed by atoms with van der Waals surface area (Å²) in [4.78, 5) is 0. The highest BCUT2D eigenvalue weighted by molar-refractivity contribution is 5.61. The quantitative estimate of drug-likeness (QED) is 0.710. The van der Waals surface area contributed by atoms with E-state index in [2.05, 4.69) is 57.2 Å². The van der Waals surface area contributed by atoms with E-state index in [-0.39, 0.29) is 5.41 Å². The number of hydrogen-bond donors (Lipinski definition) is 0. The van der Waals surface area contributed by atoms with Gasteiger partial charge in [0.25, 0.3) is 0 Å². The highest BCUT2D eigenvalue weighted by atomic mass is 16.5. The number of rotatable bonds is 2. The fraction of sp³-hybridized carbons (Fsp3) is 0.263. The van der Waals surface area contributed by atoms with Crippen LogP contribution < -0.4 is 4.74 Å². The molecule has 0 fully saturated rings. The van der Waals surface area contributed by atoms with E-state index in [1.807, 2.05) is 18.2 Å². The average molecular weight is 264 g/mol. The summed E-state index contributed by atoms with van der Waals surface area (Å²) in [5, 5.41) is 0. The van der Waals surface area contributed by atoms with Crippen molar-refractivity contribution in [3.8, 4) is 11.5 Å². The van der Waals surface area contributed by atoms with Crippen molar-refractivity contribution in [3.05, 3.63) is 65.2 Å². The predicted molar refractivity (Wildman–Crippen MR) is 84.4 cm³/mol. The second kappa shape index (κ2) is 4.82. The van der Waals surface area contributed by atoms with Gasteiger partial charge in [-0.15, -0.1) is 0 Å². The predicted octanol–water partition coefficient (Wildman–Crippen LogP) is 5.35. The summed E-state index contributed by atoms with van der Waals surface area (Å²) in [5.41, 5.74) is 4.15. The minimum absolute atomic E-state index is 0.177. The standard InChI is InChI=1S/C19H20O/c1-19(2,3)16-8-11-17(12-9-16)20-18-10-7-14-5-4-6-15(14)13-18/h4,6-13H,5H2,1-3H3. The molecule has 102 valence electrons. The fourth-order valence-corrected chi connectivity index (χ4v) is 2.45. The summed E-state index contributed by atoms with van der Waals surface area (Å²) >= 11 is 0. The summed E-state index contributed by atoms with van der Waals surface area (Å²) in [6, 6.07) is 14.7. The molecule has 1 heteroatoms. The Hall–Kier alpha value is -2.02. The number of benzene rings is 2. The molecule has 0 spiro atoms. The van der Waals surface area contributed by atoms with Gasteiger partial charge in [-0.3, -0.25) is 0 Å². The van der Waals surface area contributed by atoms with Gasteiger partial charge in [0.2, 0.25) is 0 Å². The molecular weight excluding hydrogens is 244 g/mol. The zero-order valence-electron chi connectivity index (χ0n) is 12.3. The average Bonchev–Trinajstić information content (AvgIpc) is 2.86. The van der Waals surface area contributed by atoms with Crippen molar-refractivity contribution in [2.24, 2.45) is 0 Å². The van der Waals surface area contributed by atoms with Gasteiger partial charge >= 0.3 is 0 Å². The third-order valence-corrected chi connectivity index (χ3v) is 3.71. The Morgan fingerprint density at radius 1 is 0.900 bits per heavy atom. The molecule has 0 heterocycles. The van der Waals surface area contributed by atoms with E-state index in [1.165, 1.54) is 16.7 Å². The van der Waals surface area contributed by atoms with Crippen LogP contribution in [-0.2, 0) is 11.8 Å². The van der Waals surface area contributed by atoms with Crippen LogP contribution in [0.4, 0.5) is 0 Å². The SMILES string of the molecule is CC(C)(C)c1ccc(Oc2ccc3c(c2)C=CC3)cc1. The van der Waals surface area contributed by atoms with E-state index >= 15 is 0 Å². The highest BCUT2D eigenvalue weighted by Gasteiger charge is 2.13. The van der Waals surface area contributed by atoms with E-state index < -0.39 is 0 Å². The lowest BCUT2D eigenvalue weighted by Gasteiger charge is -2.19. The van der Waals surface area contributed by atoms with Gasteiger partial charge in [0.15, 0.2) is 0 Å². The zero-order valence-corrected chi connectivity index (χ0v) is 12.3. The van der Waals surface area contributed by atoms with Gasteiger partial charge < -0.3 is 4.74 Å². The van der Waals surface area contributed by atoms with Gasteiger partial charge in [-0.05, 0) is 52.8 Å². The number of fused-ring (bicyclic) bond motifs is 1. The maximum atomic E-state index is 5.94. The maximum Gasteiger partial charge on any atom is 0.128 e. The summed E-state index contributed by atoms with van der Waals surface area (Å²) in [6.45, 7) is 6.65. The van der Waals surface area contributed by atoms with Gasteiger partial charge in [-0.25, -0.2) is 0 Å². The summed E-state index contributed by atoms with van der Waals surface area (Å²) < 4.78 is 5.94. The molecule has 1 aliphatic carbocycles. The molecule has 0 amide bonds. The molecule has 1 aliphatic rings. The fourth-order valence-electron chi connectivity index (χ4n) is 2.45. The molecule has 0 atom stereocenters.